The summed E-state index contributed by atoms with van der Waals surface area (Å²) in [6.07, 6.45) is 0. The molecule has 2 nitrogen and oxygen atoms in total. The summed E-state index contributed by atoms with van der Waals surface area (Å²) in [4.78, 5) is 2.29. The van der Waals surface area contributed by atoms with Crippen molar-refractivity contribution >= 4 is 17.6 Å². The lowest BCUT2D eigenvalue weighted by Gasteiger charge is -2.24. The summed E-state index contributed by atoms with van der Waals surface area (Å²) >= 11 is 4.73. The van der Waals surface area contributed by atoms with Gasteiger partial charge in [-0.2, -0.15) is 0 Å². The molecule has 0 bridgehead atoms. The highest BCUT2D eigenvalue weighted by atomic mass is 32.1. The largest absolute Gasteiger partial charge is 0.379 e. The van der Waals surface area contributed by atoms with Gasteiger partial charge in [-0.25, -0.2) is 0 Å². The predicted octanol–water partition coefficient (Wildman–Crippen LogP) is 0.318. The quantitative estimate of drug-likeness (QED) is 0.519. The second-order valence-electron chi connectivity index (χ2n) is 2.08. The summed E-state index contributed by atoms with van der Waals surface area (Å²) in [5.41, 5.74) is 0. The maximum absolute atomic E-state index is 5.16. The molecule has 3 heteroatoms. The van der Waals surface area contributed by atoms with Gasteiger partial charge in [0.1, 0.15) is 0 Å². The molecule has 1 fully saturated rings. The summed E-state index contributed by atoms with van der Waals surface area (Å²) in [6.45, 7) is 4.73. The van der Waals surface area contributed by atoms with Crippen LogP contribution in [0.25, 0.3) is 0 Å². The Balaban J connectivity index is 2.15. The van der Waals surface area contributed by atoms with Crippen molar-refractivity contribution in [1.82, 2.24) is 4.90 Å². The number of ether oxygens (including phenoxy) is 1. The molecule has 0 aromatic carbocycles. The summed E-state index contributed by atoms with van der Waals surface area (Å²) in [5, 5.41) is 1.77. The standard InChI is InChI=1S/C6H11NOS/c9-6-3-7-1-4-8-5-2-7/h6H,1-5H2. The van der Waals surface area contributed by atoms with Crippen LogP contribution in [-0.4, -0.2) is 43.1 Å². The summed E-state index contributed by atoms with van der Waals surface area (Å²) in [6, 6.07) is 0. The van der Waals surface area contributed by atoms with E-state index in [2.05, 4.69) is 4.90 Å². The first-order valence-electron chi connectivity index (χ1n) is 3.17. The lowest BCUT2D eigenvalue weighted by Crippen LogP contribution is -2.37. The van der Waals surface area contributed by atoms with Crippen molar-refractivity contribution in [3.63, 3.8) is 0 Å². The second kappa shape index (κ2) is 3.93. The Labute approximate surface area is 60.8 Å². The number of thiocarbonyl (C=S) groups is 1. The van der Waals surface area contributed by atoms with Crippen LogP contribution in [0, 0.1) is 0 Å². The smallest absolute Gasteiger partial charge is 0.0594 e. The second-order valence-corrected chi connectivity index (χ2v) is 2.41. The fourth-order valence-corrected chi connectivity index (χ4v) is 1.10. The zero-order valence-corrected chi connectivity index (χ0v) is 6.19. The fraction of sp³-hybridized carbons (Fsp3) is 0.833. The maximum atomic E-state index is 5.16. The van der Waals surface area contributed by atoms with Crippen molar-refractivity contribution in [2.24, 2.45) is 0 Å². The van der Waals surface area contributed by atoms with E-state index in [0.29, 0.717) is 0 Å². The van der Waals surface area contributed by atoms with Gasteiger partial charge in [-0.3, -0.25) is 4.90 Å². The van der Waals surface area contributed by atoms with Gasteiger partial charge < -0.3 is 4.74 Å². The minimum atomic E-state index is 0.864. The Bertz CT molecular complexity index is 91.1. The Morgan fingerprint density at radius 1 is 1.44 bits per heavy atom. The zero-order chi connectivity index (χ0) is 6.53. The van der Waals surface area contributed by atoms with E-state index in [9.17, 15) is 0 Å². The third-order valence-corrected chi connectivity index (χ3v) is 1.59. The molecule has 1 heterocycles. The van der Waals surface area contributed by atoms with Crippen LogP contribution in [-0.2, 0) is 4.74 Å². The first-order chi connectivity index (χ1) is 4.43. The first kappa shape index (κ1) is 7.12. The highest BCUT2D eigenvalue weighted by Gasteiger charge is 2.06. The molecular formula is C6H11NOS. The van der Waals surface area contributed by atoms with E-state index in [-0.39, 0.29) is 0 Å². The number of nitrogens with zero attached hydrogens (tertiary/aromatic N) is 1. The Hall–Kier alpha value is 0.0100. The van der Waals surface area contributed by atoms with Crippen LogP contribution in [0.15, 0.2) is 0 Å². The molecule has 1 aliphatic heterocycles. The van der Waals surface area contributed by atoms with Gasteiger partial charge in [0.25, 0.3) is 0 Å². The molecule has 0 atom stereocenters. The molecule has 0 spiro atoms. The average molecular weight is 145 g/mol. The number of hydrogen-bond donors (Lipinski definition) is 0. The topological polar surface area (TPSA) is 12.5 Å². The lowest BCUT2D eigenvalue weighted by molar-refractivity contribution is 0.0459. The molecule has 0 saturated carbocycles. The van der Waals surface area contributed by atoms with Gasteiger partial charge in [-0.1, -0.05) is 12.2 Å². The van der Waals surface area contributed by atoms with Gasteiger partial charge in [-0.15, -0.1) is 0 Å². The van der Waals surface area contributed by atoms with E-state index in [0.717, 1.165) is 32.8 Å². The van der Waals surface area contributed by atoms with Crippen LogP contribution in [0.2, 0.25) is 0 Å². The minimum absolute atomic E-state index is 0.864. The van der Waals surface area contributed by atoms with Crippen LogP contribution in [0.5, 0.6) is 0 Å². The SMILES string of the molecule is S=CCN1CCOCC1. The van der Waals surface area contributed by atoms with Gasteiger partial charge in [-0.05, 0) is 5.37 Å². The van der Waals surface area contributed by atoms with Gasteiger partial charge >= 0.3 is 0 Å². The number of rotatable bonds is 2. The van der Waals surface area contributed by atoms with Crippen LogP contribution in [0.4, 0.5) is 0 Å². The van der Waals surface area contributed by atoms with Crippen LogP contribution in [0.1, 0.15) is 0 Å². The molecule has 0 aromatic rings. The fourth-order valence-electron chi connectivity index (χ4n) is 0.889. The van der Waals surface area contributed by atoms with Gasteiger partial charge in [0.05, 0.1) is 13.2 Å². The Morgan fingerprint density at radius 2 is 2.11 bits per heavy atom. The van der Waals surface area contributed by atoms with Crippen molar-refractivity contribution in [1.29, 1.82) is 0 Å². The van der Waals surface area contributed by atoms with Crippen molar-refractivity contribution in [2.45, 2.75) is 0 Å². The molecule has 0 radical (unpaired) electrons. The third kappa shape index (κ3) is 2.39. The Morgan fingerprint density at radius 3 is 2.67 bits per heavy atom. The normalized spacial score (nSPS) is 21.8. The van der Waals surface area contributed by atoms with Crippen molar-refractivity contribution in [3.8, 4) is 0 Å². The van der Waals surface area contributed by atoms with E-state index in [1.807, 2.05) is 0 Å². The molecule has 0 unspecified atom stereocenters. The Kier molecular flexibility index (Phi) is 3.11. The molecule has 0 aromatic heterocycles. The summed E-state index contributed by atoms with van der Waals surface area (Å²) in [5.74, 6) is 0. The predicted molar refractivity (Wildman–Crippen MR) is 40.9 cm³/mol. The van der Waals surface area contributed by atoms with Crippen molar-refractivity contribution in [3.05, 3.63) is 0 Å². The third-order valence-electron chi connectivity index (χ3n) is 1.44. The highest BCUT2D eigenvalue weighted by molar-refractivity contribution is 7.79. The molecule has 0 N–H and O–H groups in total. The molecule has 0 amide bonds. The van der Waals surface area contributed by atoms with Gasteiger partial charge in [0.2, 0.25) is 0 Å². The van der Waals surface area contributed by atoms with Gasteiger partial charge in [0, 0.05) is 19.6 Å². The van der Waals surface area contributed by atoms with Crippen molar-refractivity contribution < 1.29 is 4.74 Å². The number of morpholine rings is 1. The van der Waals surface area contributed by atoms with E-state index in [4.69, 9.17) is 17.0 Å². The summed E-state index contributed by atoms with van der Waals surface area (Å²) in [7, 11) is 0. The van der Waals surface area contributed by atoms with E-state index >= 15 is 0 Å². The van der Waals surface area contributed by atoms with E-state index < -0.39 is 0 Å². The van der Waals surface area contributed by atoms with Gasteiger partial charge in [0.15, 0.2) is 0 Å². The van der Waals surface area contributed by atoms with Crippen LogP contribution >= 0.6 is 12.2 Å². The first-order valence-corrected chi connectivity index (χ1v) is 3.64. The molecule has 1 rings (SSSR count). The molecule has 9 heavy (non-hydrogen) atoms. The average Bonchev–Trinajstić information content (AvgIpc) is 1.91. The number of hydrogen-bond acceptors (Lipinski definition) is 3. The van der Waals surface area contributed by atoms with E-state index in [1.165, 1.54) is 0 Å². The molecule has 1 aliphatic rings. The minimum Gasteiger partial charge on any atom is -0.379 e. The summed E-state index contributed by atoms with van der Waals surface area (Å²) < 4.78 is 5.16. The van der Waals surface area contributed by atoms with Crippen LogP contribution in [0.3, 0.4) is 0 Å². The monoisotopic (exact) mass is 145 g/mol. The lowest BCUT2D eigenvalue weighted by atomic mass is 10.4. The molecule has 0 aliphatic carbocycles. The van der Waals surface area contributed by atoms with E-state index in [1.54, 1.807) is 5.37 Å². The zero-order valence-electron chi connectivity index (χ0n) is 5.38. The molecular weight excluding hydrogens is 134 g/mol. The molecule has 52 valence electrons. The molecule has 1 saturated heterocycles. The van der Waals surface area contributed by atoms with Crippen LogP contribution < -0.4 is 0 Å². The highest BCUT2D eigenvalue weighted by Crippen LogP contribution is 1.93. The van der Waals surface area contributed by atoms with Crippen molar-refractivity contribution in [2.75, 3.05) is 32.8 Å². The maximum Gasteiger partial charge on any atom is 0.0594 e.